The molecule has 1 heterocycles. The minimum absolute atomic E-state index is 0.00933. The predicted molar refractivity (Wildman–Crippen MR) is 57.1 cm³/mol. The molecule has 0 radical (unpaired) electrons. The molecule has 2 unspecified atom stereocenters. The molecule has 0 spiro atoms. The summed E-state index contributed by atoms with van der Waals surface area (Å²) in [5.41, 5.74) is -0.00933. The van der Waals surface area contributed by atoms with E-state index in [2.05, 4.69) is 6.92 Å². The van der Waals surface area contributed by atoms with Crippen LogP contribution in [-0.2, 0) is 4.74 Å². The largest absolute Gasteiger partial charge is 0.359 e. The summed E-state index contributed by atoms with van der Waals surface area (Å²) < 4.78 is 5.63. The van der Waals surface area contributed by atoms with Gasteiger partial charge in [0, 0.05) is 0 Å². The standard InChI is InChI=1S/C11H21ClO/c1-2-3-4-5-7-10-8-6-9-11(12)13-10/h10-11H,2-9H2,1H3. The Balaban J connectivity index is 2.00. The molecule has 78 valence electrons. The van der Waals surface area contributed by atoms with Gasteiger partial charge in [0.15, 0.2) is 0 Å². The highest BCUT2D eigenvalue weighted by Gasteiger charge is 2.19. The first-order chi connectivity index (χ1) is 6.33. The van der Waals surface area contributed by atoms with Crippen LogP contribution in [0.1, 0.15) is 58.3 Å². The van der Waals surface area contributed by atoms with Crippen molar-refractivity contribution in [2.75, 3.05) is 0 Å². The first kappa shape index (κ1) is 11.3. The molecule has 1 fully saturated rings. The van der Waals surface area contributed by atoms with Gasteiger partial charge in [0.1, 0.15) is 5.56 Å². The van der Waals surface area contributed by atoms with E-state index in [0.29, 0.717) is 6.10 Å². The number of alkyl halides is 1. The third kappa shape index (κ3) is 4.87. The molecular formula is C11H21ClO. The SMILES string of the molecule is CCCCCCC1CCCC(Cl)O1. The van der Waals surface area contributed by atoms with Gasteiger partial charge in [-0.15, -0.1) is 0 Å². The Labute approximate surface area is 86.8 Å². The molecule has 1 aliphatic rings. The number of halogens is 1. The van der Waals surface area contributed by atoms with E-state index in [1.54, 1.807) is 0 Å². The smallest absolute Gasteiger partial charge is 0.131 e. The van der Waals surface area contributed by atoms with Crippen molar-refractivity contribution in [3.63, 3.8) is 0 Å². The highest BCUT2D eigenvalue weighted by atomic mass is 35.5. The van der Waals surface area contributed by atoms with Gasteiger partial charge in [-0.3, -0.25) is 0 Å². The molecule has 1 nitrogen and oxygen atoms in total. The third-order valence-electron chi connectivity index (χ3n) is 2.68. The van der Waals surface area contributed by atoms with Gasteiger partial charge < -0.3 is 4.74 Å². The van der Waals surface area contributed by atoms with Crippen LogP contribution in [0.25, 0.3) is 0 Å². The zero-order valence-corrected chi connectivity index (χ0v) is 9.35. The van der Waals surface area contributed by atoms with E-state index in [1.165, 1.54) is 44.9 Å². The van der Waals surface area contributed by atoms with E-state index in [-0.39, 0.29) is 5.56 Å². The lowest BCUT2D eigenvalue weighted by atomic mass is 10.0. The fourth-order valence-electron chi connectivity index (χ4n) is 1.86. The Kier molecular flexibility index (Phi) is 5.81. The Bertz CT molecular complexity index is 127. The maximum absolute atomic E-state index is 5.93. The van der Waals surface area contributed by atoms with Gasteiger partial charge in [0.2, 0.25) is 0 Å². The average molecular weight is 205 g/mol. The van der Waals surface area contributed by atoms with E-state index in [9.17, 15) is 0 Å². The molecule has 0 amide bonds. The molecule has 0 aliphatic carbocycles. The Morgan fingerprint density at radius 2 is 2.08 bits per heavy atom. The minimum Gasteiger partial charge on any atom is -0.359 e. The molecule has 1 aliphatic heterocycles. The fraction of sp³-hybridized carbons (Fsp3) is 1.00. The van der Waals surface area contributed by atoms with E-state index >= 15 is 0 Å². The Morgan fingerprint density at radius 1 is 1.23 bits per heavy atom. The van der Waals surface area contributed by atoms with Crippen LogP contribution in [0, 0.1) is 0 Å². The molecule has 2 atom stereocenters. The summed E-state index contributed by atoms with van der Waals surface area (Å²) in [7, 11) is 0. The molecule has 0 aromatic rings. The summed E-state index contributed by atoms with van der Waals surface area (Å²) in [6.07, 6.45) is 10.5. The summed E-state index contributed by atoms with van der Waals surface area (Å²) in [5, 5.41) is 0. The number of rotatable bonds is 5. The second kappa shape index (κ2) is 6.67. The normalized spacial score (nSPS) is 29.1. The van der Waals surface area contributed by atoms with E-state index in [0.717, 1.165) is 6.42 Å². The van der Waals surface area contributed by atoms with E-state index < -0.39 is 0 Å². The monoisotopic (exact) mass is 204 g/mol. The lowest BCUT2D eigenvalue weighted by molar-refractivity contribution is -0.0132. The van der Waals surface area contributed by atoms with Gasteiger partial charge in [0.05, 0.1) is 6.10 Å². The van der Waals surface area contributed by atoms with Crippen LogP contribution >= 0.6 is 11.6 Å². The Hall–Kier alpha value is 0.250. The molecule has 0 aromatic heterocycles. The first-order valence-electron chi connectivity index (χ1n) is 5.62. The minimum atomic E-state index is -0.00933. The molecule has 0 aromatic carbocycles. The van der Waals surface area contributed by atoms with Crippen molar-refractivity contribution in [1.82, 2.24) is 0 Å². The van der Waals surface area contributed by atoms with Crippen LogP contribution in [0.3, 0.4) is 0 Å². The molecule has 2 heteroatoms. The van der Waals surface area contributed by atoms with E-state index in [4.69, 9.17) is 16.3 Å². The first-order valence-corrected chi connectivity index (χ1v) is 6.06. The lowest BCUT2D eigenvalue weighted by Gasteiger charge is -2.26. The quantitative estimate of drug-likeness (QED) is 0.484. The number of hydrogen-bond donors (Lipinski definition) is 0. The van der Waals surface area contributed by atoms with Crippen LogP contribution in [0.5, 0.6) is 0 Å². The van der Waals surface area contributed by atoms with Crippen LogP contribution < -0.4 is 0 Å². The van der Waals surface area contributed by atoms with Gasteiger partial charge in [-0.25, -0.2) is 0 Å². The van der Waals surface area contributed by atoms with Crippen molar-refractivity contribution in [2.24, 2.45) is 0 Å². The molecule has 0 N–H and O–H groups in total. The van der Waals surface area contributed by atoms with Gasteiger partial charge in [-0.2, -0.15) is 0 Å². The molecule has 0 bridgehead atoms. The highest BCUT2D eigenvalue weighted by molar-refractivity contribution is 6.19. The molecule has 0 saturated carbocycles. The Morgan fingerprint density at radius 3 is 2.77 bits per heavy atom. The van der Waals surface area contributed by atoms with Gasteiger partial charge in [-0.05, 0) is 25.7 Å². The molecule has 13 heavy (non-hydrogen) atoms. The fourth-order valence-corrected chi connectivity index (χ4v) is 2.16. The maximum Gasteiger partial charge on any atom is 0.131 e. The topological polar surface area (TPSA) is 9.23 Å². The second-order valence-electron chi connectivity index (χ2n) is 3.95. The zero-order valence-electron chi connectivity index (χ0n) is 8.60. The summed E-state index contributed by atoms with van der Waals surface area (Å²) >= 11 is 5.93. The third-order valence-corrected chi connectivity index (χ3v) is 3.00. The molecular weight excluding hydrogens is 184 g/mol. The summed E-state index contributed by atoms with van der Waals surface area (Å²) in [6.45, 7) is 2.24. The van der Waals surface area contributed by atoms with Crippen molar-refractivity contribution in [3.05, 3.63) is 0 Å². The lowest BCUT2D eigenvalue weighted by Crippen LogP contribution is -2.23. The molecule has 1 saturated heterocycles. The summed E-state index contributed by atoms with van der Waals surface area (Å²) in [4.78, 5) is 0. The number of unbranched alkanes of at least 4 members (excludes halogenated alkanes) is 3. The zero-order chi connectivity index (χ0) is 9.52. The van der Waals surface area contributed by atoms with Gasteiger partial charge >= 0.3 is 0 Å². The average Bonchev–Trinajstić information content (AvgIpc) is 2.13. The maximum atomic E-state index is 5.93. The van der Waals surface area contributed by atoms with Crippen LogP contribution in [0.2, 0.25) is 0 Å². The van der Waals surface area contributed by atoms with Crippen molar-refractivity contribution in [2.45, 2.75) is 70.0 Å². The number of hydrogen-bond acceptors (Lipinski definition) is 1. The van der Waals surface area contributed by atoms with Gasteiger partial charge in [-0.1, -0.05) is 44.2 Å². The summed E-state index contributed by atoms with van der Waals surface area (Å²) in [5.74, 6) is 0. The highest BCUT2D eigenvalue weighted by Crippen LogP contribution is 2.24. The molecule has 1 rings (SSSR count). The van der Waals surface area contributed by atoms with Crippen molar-refractivity contribution in [1.29, 1.82) is 0 Å². The summed E-state index contributed by atoms with van der Waals surface area (Å²) in [6, 6.07) is 0. The van der Waals surface area contributed by atoms with E-state index in [1.807, 2.05) is 0 Å². The van der Waals surface area contributed by atoms with Crippen molar-refractivity contribution >= 4 is 11.6 Å². The predicted octanol–water partition coefficient (Wildman–Crippen LogP) is 4.09. The van der Waals surface area contributed by atoms with Crippen molar-refractivity contribution < 1.29 is 4.74 Å². The van der Waals surface area contributed by atoms with Crippen LogP contribution in [0.15, 0.2) is 0 Å². The van der Waals surface area contributed by atoms with Gasteiger partial charge in [0.25, 0.3) is 0 Å². The van der Waals surface area contributed by atoms with Crippen LogP contribution in [0.4, 0.5) is 0 Å². The number of ether oxygens (including phenoxy) is 1. The second-order valence-corrected chi connectivity index (χ2v) is 4.44. The van der Waals surface area contributed by atoms with Crippen molar-refractivity contribution in [3.8, 4) is 0 Å². The van der Waals surface area contributed by atoms with Crippen LogP contribution in [-0.4, -0.2) is 11.7 Å².